The third kappa shape index (κ3) is 3.66. The van der Waals surface area contributed by atoms with Crippen LogP contribution in [-0.2, 0) is 6.42 Å². The van der Waals surface area contributed by atoms with Crippen LogP contribution in [-0.4, -0.2) is 15.8 Å². The van der Waals surface area contributed by atoms with Crippen LogP contribution in [0.5, 0.6) is 11.6 Å². The molecular formula is C20H12ClIN4O2. The molecule has 1 aromatic heterocycles. The normalized spacial score (nSPS) is 12.4. The van der Waals surface area contributed by atoms with Crippen LogP contribution in [0.4, 0.5) is 11.6 Å². The van der Waals surface area contributed by atoms with Crippen molar-refractivity contribution in [3.63, 3.8) is 0 Å². The molecule has 1 heterocycles. The van der Waals surface area contributed by atoms with E-state index >= 15 is 0 Å². The van der Waals surface area contributed by atoms with Crippen molar-refractivity contribution in [1.82, 2.24) is 9.97 Å². The van der Waals surface area contributed by atoms with E-state index in [-0.39, 0.29) is 5.78 Å². The smallest absolute Gasteiger partial charge is 0.230 e. The SMILES string of the molecule is N#Cc1ccc(Nc2nccc(Oc3c(Cl)cc4c(c3I)CCC4=O)n2)cc1. The average molecular weight is 503 g/mol. The van der Waals surface area contributed by atoms with E-state index in [9.17, 15) is 4.79 Å². The Bertz CT molecular complexity index is 1130. The summed E-state index contributed by atoms with van der Waals surface area (Å²) in [7, 11) is 0. The molecule has 0 saturated carbocycles. The molecule has 6 nitrogen and oxygen atoms in total. The van der Waals surface area contributed by atoms with Crippen molar-refractivity contribution >= 4 is 51.6 Å². The van der Waals surface area contributed by atoms with Crippen LogP contribution in [0.15, 0.2) is 42.6 Å². The number of halogens is 2. The van der Waals surface area contributed by atoms with Crippen molar-refractivity contribution in [2.24, 2.45) is 0 Å². The van der Waals surface area contributed by atoms with Crippen molar-refractivity contribution < 1.29 is 9.53 Å². The number of rotatable bonds is 4. The summed E-state index contributed by atoms with van der Waals surface area (Å²) in [5, 5.41) is 12.3. The van der Waals surface area contributed by atoms with E-state index < -0.39 is 0 Å². The zero-order valence-corrected chi connectivity index (χ0v) is 17.3. The average Bonchev–Trinajstić information content (AvgIpc) is 3.07. The molecular weight excluding hydrogens is 491 g/mol. The molecule has 0 radical (unpaired) electrons. The second-order valence-corrected chi connectivity index (χ2v) is 7.57. The van der Waals surface area contributed by atoms with E-state index in [1.807, 2.05) is 0 Å². The molecule has 0 unspecified atom stereocenters. The molecule has 0 bridgehead atoms. The number of aromatic nitrogens is 2. The highest BCUT2D eigenvalue weighted by Gasteiger charge is 2.26. The lowest BCUT2D eigenvalue weighted by atomic mass is 10.1. The molecule has 0 spiro atoms. The molecule has 2 aromatic carbocycles. The maximum atomic E-state index is 11.9. The van der Waals surface area contributed by atoms with Crippen molar-refractivity contribution in [2.45, 2.75) is 12.8 Å². The Morgan fingerprint density at radius 2 is 2.00 bits per heavy atom. The van der Waals surface area contributed by atoms with Gasteiger partial charge in [-0.25, -0.2) is 4.98 Å². The Labute approximate surface area is 179 Å². The topological polar surface area (TPSA) is 87.9 Å². The van der Waals surface area contributed by atoms with Crippen LogP contribution in [0.1, 0.15) is 27.9 Å². The van der Waals surface area contributed by atoms with Gasteiger partial charge < -0.3 is 10.1 Å². The number of nitrogens with zero attached hydrogens (tertiary/aromatic N) is 3. The number of ether oxygens (including phenoxy) is 1. The predicted octanol–water partition coefficient (Wildman–Crippen LogP) is 5.27. The number of nitriles is 1. The molecule has 138 valence electrons. The third-order valence-electron chi connectivity index (χ3n) is 4.29. The van der Waals surface area contributed by atoms with Gasteiger partial charge in [-0.05, 0) is 64.9 Å². The fourth-order valence-electron chi connectivity index (χ4n) is 2.92. The Morgan fingerprint density at radius 3 is 2.75 bits per heavy atom. The second-order valence-electron chi connectivity index (χ2n) is 6.09. The quantitative estimate of drug-likeness (QED) is 0.489. The van der Waals surface area contributed by atoms with Crippen LogP contribution in [0, 0.1) is 14.9 Å². The van der Waals surface area contributed by atoms with E-state index in [1.54, 1.807) is 42.6 Å². The number of fused-ring (bicyclic) bond motifs is 1. The summed E-state index contributed by atoms with van der Waals surface area (Å²) < 4.78 is 6.76. The van der Waals surface area contributed by atoms with Crippen molar-refractivity contribution in [3.8, 4) is 17.7 Å². The minimum absolute atomic E-state index is 0.109. The number of carbonyl (C=O) groups excluding carboxylic acids is 1. The van der Waals surface area contributed by atoms with E-state index in [1.165, 1.54) is 0 Å². The number of Topliss-reactive ketones (excluding diaryl/α,β-unsaturated/α-hetero) is 1. The molecule has 1 aliphatic carbocycles. The second kappa shape index (κ2) is 7.73. The first kappa shape index (κ1) is 18.7. The maximum absolute atomic E-state index is 11.9. The van der Waals surface area contributed by atoms with Crippen molar-refractivity contribution in [1.29, 1.82) is 5.26 Å². The largest absolute Gasteiger partial charge is 0.436 e. The number of anilines is 2. The molecule has 0 aliphatic heterocycles. The Balaban J connectivity index is 1.59. The zero-order chi connectivity index (χ0) is 19.7. The van der Waals surface area contributed by atoms with Gasteiger partial charge in [0.1, 0.15) is 0 Å². The number of ketones is 1. The first-order valence-electron chi connectivity index (χ1n) is 8.37. The van der Waals surface area contributed by atoms with Crippen LogP contribution >= 0.6 is 34.2 Å². The Hall–Kier alpha value is -2.70. The summed E-state index contributed by atoms with van der Waals surface area (Å²) >= 11 is 8.52. The third-order valence-corrected chi connectivity index (χ3v) is 5.71. The number of nitrogens with one attached hydrogen (secondary N) is 1. The lowest BCUT2D eigenvalue weighted by Crippen LogP contribution is -2.01. The number of carbonyl (C=O) groups is 1. The summed E-state index contributed by atoms with van der Waals surface area (Å²) in [6.45, 7) is 0. The fourth-order valence-corrected chi connectivity index (χ4v) is 4.28. The van der Waals surface area contributed by atoms with Gasteiger partial charge in [-0.2, -0.15) is 10.2 Å². The van der Waals surface area contributed by atoms with Crippen LogP contribution < -0.4 is 10.1 Å². The van der Waals surface area contributed by atoms with E-state index in [0.29, 0.717) is 46.6 Å². The van der Waals surface area contributed by atoms with Gasteiger partial charge in [0.25, 0.3) is 0 Å². The van der Waals surface area contributed by atoms with E-state index in [2.05, 4.69) is 43.9 Å². The molecule has 1 aliphatic rings. The van der Waals surface area contributed by atoms with E-state index in [4.69, 9.17) is 21.6 Å². The molecule has 0 atom stereocenters. The molecule has 3 aromatic rings. The fraction of sp³-hybridized carbons (Fsp3) is 0.100. The van der Waals surface area contributed by atoms with Gasteiger partial charge in [-0.3, -0.25) is 4.79 Å². The van der Waals surface area contributed by atoms with Gasteiger partial charge in [0, 0.05) is 29.9 Å². The number of hydrogen-bond donors (Lipinski definition) is 1. The van der Waals surface area contributed by atoms with Crippen LogP contribution in [0.2, 0.25) is 5.02 Å². The molecule has 1 N–H and O–H groups in total. The van der Waals surface area contributed by atoms with Gasteiger partial charge in [-0.1, -0.05) is 11.6 Å². The summed E-state index contributed by atoms with van der Waals surface area (Å²) in [6, 6.07) is 12.3. The lowest BCUT2D eigenvalue weighted by molar-refractivity contribution is 0.0994. The summed E-state index contributed by atoms with van der Waals surface area (Å²) in [6.07, 6.45) is 2.76. The van der Waals surface area contributed by atoms with E-state index in [0.717, 1.165) is 14.8 Å². The molecule has 0 saturated heterocycles. The summed E-state index contributed by atoms with van der Waals surface area (Å²) in [5.41, 5.74) is 2.96. The van der Waals surface area contributed by atoms with Gasteiger partial charge in [-0.15, -0.1) is 0 Å². The molecule has 0 amide bonds. The molecule has 28 heavy (non-hydrogen) atoms. The van der Waals surface area contributed by atoms with Crippen LogP contribution in [0.25, 0.3) is 0 Å². The molecule has 0 fully saturated rings. The number of hydrogen-bond acceptors (Lipinski definition) is 6. The zero-order valence-electron chi connectivity index (χ0n) is 14.4. The minimum Gasteiger partial charge on any atom is -0.436 e. The Kier molecular flexibility index (Phi) is 5.15. The van der Waals surface area contributed by atoms with Gasteiger partial charge in [0.15, 0.2) is 11.5 Å². The van der Waals surface area contributed by atoms with Crippen molar-refractivity contribution in [3.05, 3.63) is 67.9 Å². The highest BCUT2D eigenvalue weighted by molar-refractivity contribution is 14.1. The monoisotopic (exact) mass is 502 g/mol. The predicted molar refractivity (Wildman–Crippen MR) is 113 cm³/mol. The molecule has 8 heteroatoms. The first-order valence-corrected chi connectivity index (χ1v) is 9.83. The molecule has 4 rings (SSSR count). The number of benzene rings is 2. The highest BCUT2D eigenvalue weighted by atomic mass is 127. The standard InChI is InChI=1S/C20H12ClIN4O2/c21-15-9-14-13(5-6-16(14)27)18(22)19(15)28-17-7-8-24-20(26-17)25-12-3-1-11(10-23)2-4-12/h1-4,7-9H,5-6H2,(H,24,25,26). The van der Waals surface area contributed by atoms with Gasteiger partial charge >= 0.3 is 0 Å². The highest BCUT2D eigenvalue weighted by Crippen LogP contribution is 2.40. The minimum atomic E-state index is 0.109. The lowest BCUT2D eigenvalue weighted by Gasteiger charge is -2.13. The van der Waals surface area contributed by atoms with Gasteiger partial charge in [0.2, 0.25) is 11.8 Å². The van der Waals surface area contributed by atoms with Gasteiger partial charge in [0.05, 0.1) is 20.2 Å². The van der Waals surface area contributed by atoms with Crippen LogP contribution in [0.3, 0.4) is 0 Å². The summed E-state index contributed by atoms with van der Waals surface area (Å²) in [4.78, 5) is 20.5. The Morgan fingerprint density at radius 1 is 1.21 bits per heavy atom. The van der Waals surface area contributed by atoms with Crippen molar-refractivity contribution in [2.75, 3.05) is 5.32 Å². The maximum Gasteiger partial charge on any atom is 0.230 e. The summed E-state index contributed by atoms with van der Waals surface area (Å²) in [5.74, 6) is 1.27. The first-order chi connectivity index (χ1) is 13.5.